The molecule has 11 heavy (non-hydrogen) atoms. The Labute approximate surface area is 62.3 Å². The maximum atomic E-state index is 8.88. The maximum Gasteiger partial charge on any atom is 0.308 e. The van der Waals surface area contributed by atoms with Gasteiger partial charge >= 0.3 is 5.97 Å². The maximum absolute atomic E-state index is 8.88. The fraction of sp³-hybridized carbons (Fsp3) is 1.00. The molecule has 6 heteroatoms. The minimum Gasteiger partial charge on any atom is -0.388 e. The number of rotatable bonds is 0. The summed E-state index contributed by atoms with van der Waals surface area (Å²) < 4.78 is 4.21. The number of ether oxygens (including phenoxy) is 1. The number of hydrogen-bond acceptors (Lipinski definition) is 6. The van der Waals surface area contributed by atoms with Crippen LogP contribution in [0.15, 0.2) is 0 Å². The van der Waals surface area contributed by atoms with Crippen LogP contribution in [0.2, 0.25) is 0 Å². The van der Waals surface area contributed by atoms with E-state index in [2.05, 4.69) is 4.74 Å². The number of hydrogen-bond donors (Lipinski definition) is 5. The van der Waals surface area contributed by atoms with Gasteiger partial charge in [0.25, 0.3) is 0 Å². The molecule has 0 spiro atoms. The van der Waals surface area contributed by atoms with Crippen LogP contribution in [0.4, 0.5) is 0 Å². The highest BCUT2D eigenvalue weighted by molar-refractivity contribution is 4.85. The van der Waals surface area contributed by atoms with E-state index in [1.807, 2.05) is 0 Å². The first-order valence-corrected chi connectivity index (χ1v) is 3.08. The standard InChI is InChI=1S/C5H10O6/c6-2-1-11-5(9,10)4(8)3(2)7/h2-4,6-10H,1H2/t2-,3+,4-/m0/s1. The van der Waals surface area contributed by atoms with E-state index in [1.54, 1.807) is 0 Å². The number of aliphatic hydroxyl groups is 5. The van der Waals surface area contributed by atoms with E-state index >= 15 is 0 Å². The molecular weight excluding hydrogens is 156 g/mol. The van der Waals surface area contributed by atoms with Gasteiger partial charge in [0.15, 0.2) is 6.10 Å². The lowest BCUT2D eigenvalue weighted by Gasteiger charge is -2.37. The molecule has 0 aromatic carbocycles. The molecule has 1 aliphatic rings. The zero-order chi connectivity index (χ0) is 8.65. The summed E-state index contributed by atoms with van der Waals surface area (Å²) in [5, 5.41) is 44.0. The second-order valence-corrected chi connectivity index (χ2v) is 2.47. The van der Waals surface area contributed by atoms with Crippen molar-refractivity contribution in [2.45, 2.75) is 24.3 Å². The van der Waals surface area contributed by atoms with Gasteiger partial charge in [0, 0.05) is 0 Å². The Morgan fingerprint density at radius 2 is 1.73 bits per heavy atom. The van der Waals surface area contributed by atoms with Gasteiger partial charge in [0.05, 0.1) is 6.61 Å². The van der Waals surface area contributed by atoms with Crippen LogP contribution in [0.5, 0.6) is 0 Å². The van der Waals surface area contributed by atoms with Gasteiger partial charge in [-0.2, -0.15) is 0 Å². The monoisotopic (exact) mass is 166 g/mol. The van der Waals surface area contributed by atoms with Crippen LogP contribution in [-0.2, 0) is 4.74 Å². The van der Waals surface area contributed by atoms with Gasteiger partial charge in [-0.1, -0.05) is 0 Å². The van der Waals surface area contributed by atoms with Gasteiger partial charge in [-0.05, 0) is 0 Å². The normalized spacial score (nSPS) is 43.9. The summed E-state index contributed by atoms with van der Waals surface area (Å²) in [6.07, 6.45) is -4.80. The Balaban J connectivity index is 2.67. The lowest BCUT2D eigenvalue weighted by atomic mass is 10.0. The third-order valence-electron chi connectivity index (χ3n) is 1.57. The summed E-state index contributed by atoms with van der Waals surface area (Å²) in [6, 6.07) is 0. The van der Waals surface area contributed by atoms with Crippen LogP contribution in [0, 0.1) is 0 Å². The first-order valence-electron chi connectivity index (χ1n) is 3.08. The molecule has 1 heterocycles. The predicted molar refractivity (Wildman–Crippen MR) is 31.1 cm³/mol. The summed E-state index contributed by atoms with van der Waals surface area (Å²) >= 11 is 0. The highest BCUT2D eigenvalue weighted by Gasteiger charge is 2.47. The Morgan fingerprint density at radius 1 is 1.18 bits per heavy atom. The largest absolute Gasteiger partial charge is 0.388 e. The average Bonchev–Trinajstić information content (AvgIpc) is 1.95. The minimum atomic E-state index is -2.77. The quantitative estimate of drug-likeness (QED) is 0.242. The van der Waals surface area contributed by atoms with E-state index < -0.39 is 30.9 Å². The molecular formula is C5H10O6. The van der Waals surface area contributed by atoms with Crippen molar-refractivity contribution in [1.82, 2.24) is 0 Å². The van der Waals surface area contributed by atoms with E-state index in [1.165, 1.54) is 0 Å². The van der Waals surface area contributed by atoms with Gasteiger partial charge in [0.1, 0.15) is 12.2 Å². The Morgan fingerprint density at radius 3 is 2.18 bits per heavy atom. The summed E-state index contributed by atoms with van der Waals surface area (Å²) in [4.78, 5) is 0. The molecule has 66 valence electrons. The molecule has 0 aromatic heterocycles. The molecule has 6 nitrogen and oxygen atoms in total. The molecule has 0 unspecified atom stereocenters. The zero-order valence-electron chi connectivity index (χ0n) is 5.58. The zero-order valence-corrected chi connectivity index (χ0v) is 5.58. The van der Waals surface area contributed by atoms with Crippen LogP contribution in [0.3, 0.4) is 0 Å². The van der Waals surface area contributed by atoms with Crippen molar-refractivity contribution in [2.24, 2.45) is 0 Å². The average molecular weight is 166 g/mol. The molecule has 1 saturated heterocycles. The Bertz CT molecular complexity index is 146. The van der Waals surface area contributed by atoms with E-state index in [0.29, 0.717) is 0 Å². The third-order valence-corrected chi connectivity index (χ3v) is 1.57. The Kier molecular flexibility index (Phi) is 2.15. The summed E-state index contributed by atoms with van der Waals surface area (Å²) in [6.45, 7) is -0.425. The van der Waals surface area contributed by atoms with Gasteiger partial charge < -0.3 is 30.3 Å². The third kappa shape index (κ3) is 1.51. The lowest BCUT2D eigenvalue weighted by molar-refractivity contribution is -0.415. The van der Waals surface area contributed by atoms with Crippen molar-refractivity contribution in [2.75, 3.05) is 6.61 Å². The van der Waals surface area contributed by atoms with Crippen LogP contribution >= 0.6 is 0 Å². The second-order valence-electron chi connectivity index (χ2n) is 2.47. The first kappa shape index (κ1) is 8.85. The highest BCUT2D eigenvalue weighted by Crippen LogP contribution is 2.20. The molecule has 0 amide bonds. The van der Waals surface area contributed by atoms with Crippen LogP contribution in [0.1, 0.15) is 0 Å². The van der Waals surface area contributed by atoms with Gasteiger partial charge in [-0.25, -0.2) is 0 Å². The molecule has 5 N–H and O–H groups in total. The summed E-state index contributed by atoms with van der Waals surface area (Å²) in [5.74, 6) is -2.77. The van der Waals surface area contributed by atoms with Crippen LogP contribution in [-0.4, -0.2) is 56.4 Å². The van der Waals surface area contributed by atoms with Crippen molar-refractivity contribution >= 4 is 0 Å². The molecule has 0 aromatic rings. The topological polar surface area (TPSA) is 110 Å². The van der Waals surface area contributed by atoms with Gasteiger partial charge in [0.2, 0.25) is 0 Å². The minimum absolute atomic E-state index is 0.425. The van der Waals surface area contributed by atoms with Crippen LogP contribution < -0.4 is 0 Å². The van der Waals surface area contributed by atoms with E-state index in [9.17, 15) is 0 Å². The van der Waals surface area contributed by atoms with Crippen molar-refractivity contribution in [3.05, 3.63) is 0 Å². The Hall–Kier alpha value is -0.240. The molecule has 3 atom stereocenters. The fourth-order valence-electron chi connectivity index (χ4n) is 0.825. The first-order chi connectivity index (χ1) is 4.95. The summed E-state index contributed by atoms with van der Waals surface area (Å²) in [7, 11) is 0. The van der Waals surface area contributed by atoms with E-state index in [0.717, 1.165) is 0 Å². The van der Waals surface area contributed by atoms with Crippen LogP contribution in [0.25, 0.3) is 0 Å². The fourth-order valence-corrected chi connectivity index (χ4v) is 0.825. The van der Waals surface area contributed by atoms with Crippen molar-refractivity contribution in [3.8, 4) is 0 Å². The van der Waals surface area contributed by atoms with Crippen molar-refractivity contribution < 1.29 is 30.3 Å². The van der Waals surface area contributed by atoms with E-state index in [-0.39, 0.29) is 0 Å². The molecule has 0 bridgehead atoms. The summed E-state index contributed by atoms with van der Waals surface area (Å²) in [5.41, 5.74) is 0. The smallest absolute Gasteiger partial charge is 0.308 e. The number of aliphatic hydroxyl groups excluding tert-OH is 3. The molecule has 0 radical (unpaired) electrons. The predicted octanol–water partition coefficient (Wildman–Crippen LogP) is -3.26. The molecule has 0 aliphatic carbocycles. The van der Waals surface area contributed by atoms with Crippen molar-refractivity contribution in [1.29, 1.82) is 0 Å². The molecule has 0 saturated carbocycles. The highest BCUT2D eigenvalue weighted by atomic mass is 16.8. The second kappa shape index (κ2) is 2.67. The molecule has 1 aliphatic heterocycles. The lowest BCUT2D eigenvalue weighted by Crippen LogP contribution is -2.60. The van der Waals surface area contributed by atoms with Crippen molar-refractivity contribution in [3.63, 3.8) is 0 Å². The molecule has 1 fully saturated rings. The SMILES string of the molecule is O[C@@H]1[C@@H](O)COC(O)(O)[C@H]1O. The van der Waals surface area contributed by atoms with Gasteiger partial charge in [-0.15, -0.1) is 0 Å². The van der Waals surface area contributed by atoms with Gasteiger partial charge in [-0.3, -0.25) is 0 Å². The van der Waals surface area contributed by atoms with E-state index in [4.69, 9.17) is 25.5 Å². The molecule has 1 rings (SSSR count).